The van der Waals surface area contributed by atoms with Gasteiger partial charge in [-0.1, -0.05) is 0 Å². The van der Waals surface area contributed by atoms with E-state index in [0.717, 1.165) is 12.1 Å². The van der Waals surface area contributed by atoms with E-state index >= 15 is 0 Å². The number of ether oxygens (including phenoxy) is 1. The third-order valence-electron chi connectivity index (χ3n) is 3.12. The summed E-state index contributed by atoms with van der Waals surface area (Å²) in [6, 6.07) is 8.06. The van der Waals surface area contributed by atoms with E-state index in [1.54, 1.807) is 0 Å². The summed E-state index contributed by atoms with van der Waals surface area (Å²) < 4.78 is 34.7. The first-order valence-corrected chi connectivity index (χ1v) is 6.60. The molecule has 0 saturated carbocycles. The second-order valence-electron chi connectivity index (χ2n) is 4.72. The second kappa shape index (κ2) is 5.91. The first kappa shape index (κ1) is 14.8. The van der Waals surface area contributed by atoms with E-state index in [1.807, 2.05) is 0 Å². The van der Waals surface area contributed by atoms with Gasteiger partial charge in [-0.2, -0.15) is 0 Å². The number of rotatable bonds is 4. The van der Waals surface area contributed by atoms with E-state index in [1.165, 1.54) is 35.3 Å². The molecule has 0 aliphatic heterocycles. The zero-order chi connectivity index (χ0) is 16.4. The summed E-state index contributed by atoms with van der Waals surface area (Å²) in [6.07, 6.45) is 1.26. The smallest absolute Gasteiger partial charge is 0.239 e. The van der Waals surface area contributed by atoms with Crippen LogP contribution in [0.25, 0.3) is 5.69 Å². The molecule has 3 rings (SSSR count). The van der Waals surface area contributed by atoms with Crippen molar-refractivity contribution >= 4 is 5.95 Å². The summed E-state index contributed by atoms with van der Waals surface area (Å²) in [4.78, 5) is 3.70. The van der Waals surface area contributed by atoms with Crippen LogP contribution in [0.5, 0.6) is 11.5 Å². The number of nitrogens with zero attached hydrogens (tertiary/aromatic N) is 3. The van der Waals surface area contributed by atoms with Crippen molar-refractivity contribution in [3.05, 3.63) is 59.9 Å². The Morgan fingerprint density at radius 3 is 2.35 bits per heavy atom. The molecule has 0 fully saturated rings. The molecule has 8 heteroatoms. The van der Waals surface area contributed by atoms with E-state index in [9.17, 15) is 13.9 Å². The Morgan fingerprint density at radius 2 is 1.78 bits per heavy atom. The summed E-state index contributed by atoms with van der Waals surface area (Å²) in [5, 5.41) is 13.0. The Balaban J connectivity index is 1.81. The molecule has 0 aliphatic rings. The molecule has 3 N–H and O–H groups in total. The molecule has 3 aromatic rings. The van der Waals surface area contributed by atoms with Crippen molar-refractivity contribution in [2.75, 3.05) is 5.73 Å². The third kappa shape index (κ3) is 3.20. The highest BCUT2D eigenvalue weighted by atomic mass is 19.1. The number of nitrogen functional groups attached to an aromatic ring is 1. The summed E-state index contributed by atoms with van der Waals surface area (Å²) in [7, 11) is 0. The van der Waals surface area contributed by atoms with Crippen LogP contribution in [0, 0.1) is 11.6 Å². The number of halogens is 2. The minimum Gasteiger partial charge on any atom is -0.508 e. The lowest BCUT2D eigenvalue weighted by Crippen LogP contribution is -2.05. The summed E-state index contributed by atoms with van der Waals surface area (Å²) in [5.74, 6) is -1.08. The summed E-state index contributed by atoms with van der Waals surface area (Å²) in [6.45, 7) is -0.289. The van der Waals surface area contributed by atoms with Gasteiger partial charge in [0, 0.05) is 12.1 Å². The molecule has 0 amide bonds. The molecule has 0 atom stereocenters. The van der Waals surface area contributed by atoms with E-state index < -0.39 is 11.6 Å². The zero-order valence-electron chi connectivity index (χ0n) is 11.8. The molecule has 118 valence electrons. The molecule has 0 bridgehead atoms. The lowest BCUT2D eigenvalue weighted by Gasteiger charge is -2.10. The number of nitrogens with two attached hydrogens (primary N) is 1. The number of phenolic OH excluding ortho intramolecular Hbond substituents is 1. The maximum Gasteiger partial charge on any atom is 0.239 e. The molecular formula is C15H12F2N4O2. The van der Waals surface area contributed by atoms with Crippen molar-refractivity contribution in [1.82, 2.24) is 14.8 Å². The number of benzene rings is 2. The number of hydrogen-bond acceptors (Lipinski definition) is 5. The molecule has 0 spiro atoms. The number of aromatic nitrogens is 3. The Hall–Kier alpha value is -3.16. The predicted octanol–water partition coefficient (Wildman–Crippen LogP) is 2.41. The predicted molar refractivity (Wildman–Crippen MR) is 78.1 cm³/mol. The van der Waals surface area contributed by atoms with Gasteiger partial charge in [0.1, 0.15) is 36.1 Å². The molecule has 0 radical (unpaired) electrons. The fourth-order valence-corrected chi connectivity index (χ4v) is 1.96. The van der Waals surface area contributed by atoms with Crippen molar-refractivity contribution in [3.63, 3.8) is 0 Å². The molecule has 0 unspecified atom stereocenters. The van der Waals surface area contributed by atoms with Gasteiger partial charge in [0.05, 0.1) is 11.3 Å². The van der Waals surface area contributed by atoms with Gasteiger partial charge in [0.15, 0.2) is 0 Å². The van der Waals surface area contributed by atoms with E-state index in [-0.39, 0.29) is 29.6 Å². The highest BCUT2D eigenvalue weighted by Crippen LogP contribution is 2.21. The van der Waals surface area contributed by atoms with E-state index in [0.29, 0.717) is 5.75 Å². The van der Waals surface area contributed by atoms with Crippen molar-refractivity contribution in [3.8, 4) is 17.2 Å². The maximum absolute atomic E-state index is 14.1. The Kier molecular flexibility index (Phi) is 3.80. The van der Waals surface area contributed by atoms with Gasteiger partial charge in [0.2, 0.25) is 5.95 Å². The fraction of sp³-hybridized carbons (Fsp3) is 0.0667. The normalized spacial score (nSPS) is 10.7. The monoisotopic (exact) mass is 318 g/mol. The first-order chi connectivity index (χ1) is 11.0. The van der Waals surface area contributed by atoms with Crippen LogP contribution in [0.2, 0.25) is 0 Å². The Morgan fingerprint density at radius 1 is 1.13 bits per heavy atom. The highest BCUT2D eigenvalue weighted by molar-refractivity contribution is 5.37. The van der Waals surface area contributed by atoms with Gasteiger partial charge in [-0.3, -0.25) is 0 Å². The van der Waals surface area contributed by atoms with E-state index in [2.05, 4.69) is 10.1 Å². The second-order valence-corrected chi connectivity index (χ2v) is 4.72. The lowest BCUT2D eigenvalue weighted by molar-refractivity contribution is 0.292. The SMILES string of the molecule is Nc1ncn(-c2cc(F)c(COc3ccc(O)cc3)c(F)c2)n1. The van der Waals surface area contributed by atoms with Crippen molar-refractivity contribution in [2.45, 2.75) is 6.61 Å². The number of aromatic hydroxyl groups is 1. The minimum atomic E-state index is -0.771. The Labute approximate surface area is 129 Å². The van der Waals surface area contributed by atoms with Crippen LogP contribution < -0.4 is 10.5 Å². The van der Waals surface area contributed by atoms with Crippen LogP contribution in [-0.2, 0) is 6.61 Å². The third-order valence-corrected chi connectivity index (χ3v) is 3.12. The quantitative estimate of drug-likeness (QED) is 0.771. The van der Waals surface area contributed by atoms with Gasteiger partial charge in [-0.25, -0.2) is 18.4 Å². The van der Waals surface area contributed by atoms with Crippen molar-refractivity contribution in [1.29, 1.82) is 0 Å². The molecule has 2 aromatic carbocycles. The first-order valence-electron chi connectivity index (χ1n) is 6.60. The molecule has 0 aliphatic carbocycles. The van der Waals surface area contributed by atoms with Crippen LogP contribution in [0.4, 0.5) is 14.7 Å². The Bertz CT molecular complexity index is 811. The minimum absolute atomic E-state index is 0.00514. The molecule has 1 heterocycles. The van der Waals surface area contributed by atoms with Crippen LogP contribution in [0.1, 0.15) is 5.56 Å². The molecule has 6 nitrogen and oxygen atoms in total. The molecule has 0 saturated heterocycles. The topological polar surface area (TPSA) is 86.2 Å². The largest absolute Gasteiger partial charge is 0.508 e. The van der Waals surface area contributed by atoms with E-state index in [4.69, 9.17) is 10.5 Å². The van der Waals surface area contributed by atoms with Crippen LogP contribution in [0.15, 0.2) is 42.7 Å². The maximum atomic E-state index is 14.1. The van der Waals surface area contributed by atoms with Crippen molar-refractivity contribution in [2.24, 2.45) is 0 Å². The average molecular weight is 318 g/mol. The van der Waals surface area contributed by atoms with Gasteiger partial charge in [-0.15, -0.1) is 5.10 Å². The molecule has 23 heavy (non-hydrogen) atoms. The van der Waals surface area contributed by atoms with Gasteiger partial charge in [0.25, 0.3) is 0 Å². The van der Waals surface area contributed by atoms with Gasteiger partial charge >= 0.3 is 0 Å². The van der Waals surface area contributed by atoms with Gasteiger partial charge in [-0.05, 0) is 24.3 Å². The fourth-order valence-electron chi connectivity index (χ4n) is 1.96. The standard InChI is InChI=1S/C15H12F2N4O2/c16-13-5-9(21-8-19-15(18)20-21)6-14(17)12(13)7-23-11-3-1-10(22)2-4-11/h1-6,8,22H,7H2,(H2,18,20). The van der Waals surface area contributed by atoms with Crippen LogP contribution in [0.3, 0.4) is 0 Å². The van der Waals surface area contributed by atoms with Crippen LogP contribution >= 0.6 is 0 Å². The number of phenols is 1. The van der Waals surface area contributed by atoms with Crippen LogP contribution in [-0.4, -0.2) is 19.9 Å². The highest BCUT2D eigenvalue weighted by Gasteiger charge is 2.14. The molecular weight excluding hydrogens is 306 g/mol. The summed E-state index contributed by atoms with van der Waals surface area (Å²) >= 11 is 0. The zero-order valence-corrected chi connectivity index (χ0v) is 11.8. The van der Waals surface area contributed by atoms with Gasteiger partial charge < -0.3 is 15.6 Å². The summed E-state index contributed by atoms with van der Waals surface area (Å²) in [5.41, 5.74) is 5.33. The lowest BCUT2D eigenvalue weighted by atomic mass is 10.2. The average Bonchev–Trinajstić information content (AvgIpc) is 2.95. The van der Waals surface area contributed by atoms with Crippen molar-refractivity contribution < 1.29 is 18.6 Å². The number of anilines is 1. The molecule has 1 aromatic heterocycles. The number of hydrogen-bond donors (Lipinski definition) is 2.